The molecule has 2 heterocycles. The van der Waals surface area contributed by atoms with Gasteiger partial charge < -0.3 is 0 Å². The van der Waals surface area contributed by atoms with Crippen LogP contribution in [0.4, 0.5) is 0 Å². The van der Waals surface area contributed by atoms with E-state index in [1.54, 1.807) is 13.4 Å². The third-order valence-corrected chi connectivity index (χ3v) is 7.28. The summed E-state index contributed by atoms with van der Waals surface area (Å²) in [5.74, 6) is 0.391. The van der Waals surface area contributed by atoms with E-state index in [2.05, 4.69) is 19.9 Å². The summed E-state index contributed by atoms with van der Waals surface area (Å²) in [6.07, 6.45) is 5.88. The van der Waals surface area contributed by atoms with Crippen LogP contribution in [0.15, 0.2) is 26.8 Å². The molecule has 0 aromatic heterocycles. The molecule has 0 amide bonds. The number of amidine groups is 1. The summed E-state index contributed by atoms with van der Waals surface area (Å²) in [5, 5.41) is 0.581. The quantitative estimate of drug-likeness (QED) is 0.224. The van der Waals surface area contributed by atoms with Crippen molar-refractivity contribution in [3.8, 4) is 0 Å². The van der Waals surface area contributed by atoms with Crippen LogP contribution in [-0.4, -0.2) is 112 Å². The first-order chi connectivity index (χ1) is 12.1. The van der Waals surface area contributed by atoms with Crippen molar-refractivity contribution in [2.75, 3.05) is 13.7 Å². The Kier molecular flexibility index (Phi) is 11.8. The zero-order valence-electron chi connectivity index (χ0n) is 14.8. The molecule has 2 rings (SSSR count). The molecule has 1 saturated heterocycles. The van der Waals surface area contributed by atoms with Gasteiger partial charge in [0.25, 0.3) is 0 Å². The Morgan fingerprint density at radius 1 is 1.52 bits per heavy atom. The Bertz CT molecular complexity index is 531. The van der Waals surface area contributed by atoms with Crippen molar-refractivity contribution in [3.63, 3.8) is 0 Å². The van der Waals surface area contributed by atoms with Crippen LogP contribution in [0.5, 0.6) is 0 Å². The number of thioether (sulfide) groups is 1. The number of rotatable bonds is 6. The van der Waals surface area contributed by atoms with Crippen molar-refractivity contribution >= 4 is 82.7 Å². The van der Waals surface area contributed by atoms with E-state index >= 15 is 0 Å². The third kappa shape index (κ3) is 6.43. The van der Waals surface area contributed by atoms with E-state index in [-0.39, 0.29) is 17.6 Å². The van der Waals surface area contributed by atoms with Gasteiger partial charge in [-0.1, -0.05) is 13.8 Å². The molecule has 0 radical (unpaired) electrons. The monoisotopic (exact) mass is 750 g/mol. The van der Waals surface area contributed by atoms with Gasteiger partial charge in [0, 0.05) is 0 Å². The molecule has 1 fully saturated rings. The Morgan fingerprint density at radius 3 is 2.80 bits per heavy atom. The first-order valence-corrected chi connectivity index (χ1v) is 12.6. The van der Waals surface area contributed by atoms with Gasteiger partial charge in [0.2, 0.25) is 0 Å². The van der Waals surface area contributed by atoms with Crippen molar-refractivity contribution < 1.29 is 5.37 Å². The van der Waals surface area contributed by atoms with Gasteiger partial charge in [0.05, 0.1) is 0 Å². The maximum atomic E-state index is 5.84. The molecule has 0 aliphatic carbocycles. The zero-order valence-corrected chi connectivity index (χ0v) is 24.6. The molecule has 2 aliphatic rings. The van der Waals surface area contributed by atoms with Gasteiger partial charge in [-0.2, -0.15) is 0 Å². The van der Waals surface area contributed by atoms with Crippen LogP contribution >= 0.6 is 11.8 Å². The minimum absolute atomic E-state index is 0.221. The molecule has 8 nitrogen and oxygen atoms in total. The molecule has 134 valence electrons. The van der Waals surface area contributed by atoms with Gasteiger partial charge in [-0.15, -0.1) is 0 Å². The molecule has 4 atom stereocenters. The summed E-state index contributed by atoms with van der Waals surface area (Å²) in [6.45, 7) is 4.75. The average Bonchev–Trinajstić information content (AvgIpc) is 3.06. The zero-order chi connectivity index (χ0) is 18.8. The molecule has 0 aromatic rings. The second kappa shape index (κ2) is 12.6. The average molecular weight is 749 g/mol. The molecule has 25 heavy (non-hydrogen) atoms. The van der Waals surface area contributed by atoms with Crippen LogP contribution in [0.25, 0.3) is 0 Å². The predicted octanol–water partition coefficient (Wildman–Crippen LogP) is -0.0591. The van der Waals surface area contributed by atoms with Gasteiger partial charge in [-0.25, -0.2) is 0 Å². The topological polar surface area (TPSA) is 111 Å². The molecule has 0 aromatic carbocycles. The standard InChI is InChI=1S/C12H18N6O2S.C2H6.2Tl/c1-15-12(14)7-2-10(16-5-13)18(6-17-7)11-3-8(20)9(4-19)21-11;1-2;;/h2,5-6,8-11H,3-4H2,1H3,(H2,13,16)(H2,14,15);1-2H3;;/q-2;;2*+1. The third-order valence-electron chi connectivity index (χ3n) is 3.63. The van der Waals surface area contributed by atoms with Crippen molar-refractivity contribution in [1.29, 1.82) is 0 Å². The van der Waals surface area contributed by atoms with E-state index < -0.39 is 0 Å². The van der Waals surface area contributed by atoms with E-state index in [4.69, 9.17) is 16.8 Å². The summed E-state index contributed by atoms with van der Waals surface area (Å²) >= 11 is 2.92. The molecule has 0 bridgehead atoms. The Morgan fingerprint density at radius 2 is 2.24 bits per heavy atom. The van der Waals surface area contributed by atoms with E-state index in [0.717, 1.165) is 13.0 Å². The fourth-order valence-corrected chi connectivity index (χ4v) is 6.95. The number of hydrogen-bond acceptors (Lipinski definition) is 7. The first-order valence-electron chi connectivity index (χ1n) is 7.96. The van der Waals surface area contributed by atoms with Gasteiger partial charge in [-0.05, 0) is 0 Å². The summed E-state index contributed by atoms with van der Waals surface area (Å²) in [4.78, 5) is 14.8. The number of nitrogens with two attached hydrogens (primary N) is 2. The molecular weight excluding hydrogens is 725 g/mol. The second-order valence-electron chi connectivity index (χ2n) is 4.94. The molecule has 11 heteroatoms. The predicted molar refractivity (Wildman–Crippen MR) is 106 cm³/mol. The van der Waals surface area contributed by atoms with Crippen LogP contribution < -0.4 is 11.5 Å². The van der Waals surface area contributed by atoms with Crippen LogP contribution in [-0.2, 0) is 5.37 Å². The summed E-state index contributed by atoms with van der Waals surface area (Å²) in [6, 6.07) is 0. The summed E-state index contributed by atoms with van der Waals surface area (Å²) in [5.41, 5.74) is 12.0. The molecular formula is C14H24N6O2STl2. The Labute approximate surface area is 186 Å². The molecule has 4 unspecified atom stereocenters. The number of nitrogens with zero attached hydrogens (tertiary/aromatic N) is 4. The fraction of sp³-hybridized carbons (Fsp3) is 0.643. The minimum atomic E-state index is -0.236. The van der Waals surface area contributed by atoms with Crippen molar-refractivity contribution in [3.05, 3.63) is 11.8 Å². The SMILES string of the molecule is CC.CN=C(N)C1=CC(/N=C/N)N(C2CC([O][Tl])C(C[O][Tl])S2)C=N1. The van der Waals surface area contributed by atoms with E-state index in [9.17, 15) is 0 Å². The van der Waals surface area contributed by atoms with Gasteiger partial charge in [-0.3, -0.25) is 0 Å². The Hall–Kier alpha value is 0.264. The molecule has 0 spiro atoms. The van der Waals surface area contributed by atoms with Crippen LogP contribution in [0, 0.1) is 0 Å². The van der Waals surface area contributed by atoms with Crippen molar-refractivity contribution in [2.24, 2.45) is 26.4 Å². The van der Waals surface area contributed by atoms with Crippen LogP contribution in [0.2, 0.25) is 0 Å². The normalized spacial score (nSPS) is 29.4. The van der Waals surface area contributed by atoms with Crippen molar-refractivity contribution in [1.82, 2.24) is 4.90 Å². The Balaban J connectivity index is 0.00000151. The molecule has 2 aliphatic heterocycles. The second-order valence-corrected chi connectivity index (χ2v) is 8.71. The summed E-state index contributed by atoms with van der Waals surface area (Å²) in [7, 11) is 1.64. The van der Waals surface area contributed by atoms with Crippen LogP contribution in [0.3, 0.4) is 0 Å². The fourth-order valence-electron chi connectivity index (χ4n) is 2.46. The molecule has 0 saturated carbocycles. The van der Waals surface area contributed by atoms with E-state index in [1.807, 2.05) is 31.7 Å². The first kappa shape index (κ1) is 23.3. The van der Waals surface area contributed by atoms with Gasteiger partial charge >= 0.3 is 174 Å². The maximum absolute atomic E-state index is 5.84. The van der Waals surface area contributed by atoms with Crippen molar-refractivity contribution in [2.45, 2.75) is 43.2 Å². The number of aliphatic imine (C=N–C) groups is 3. The van der Waals surface area contributed by atoms with Gasteiger partial charge in [0.15, 0.2) is 0 Å². The van der Waals surface area contributed by atoms with Crippen LogP contribution in [0.1, 0.15) is 20.3 Å². The molecule has 4 N–H and O–H groups in total. The summed E-state index contributed by atoms with van der Waals surface area (Å²) < 4.78 is 11.2. The van der Waals surface area contributed by atoms with E-state index in [0.29, 0.717) is 69.2 Å². The van der Waals surface area contributed by atoms with Gasteiger partial charge in [0.1, 0.15) is 0 Å². The number of hydrogen-bond donors (Lipinski definition) is 2. The van der Waals surface area contributed by atoms with E-state index in [1.165, 1.54) is 6.34 Å².